The van der Waals surface area contributed by atoms with Crippen molar-refractivity contribution in [2.45, 2.75) is 38.3 Å². The number of rotatable bonds is 7. The molecule has 3 rings (SSSR count). The van der Waals surface area contributed by atoms with Crippen molar-refractivity contribution in [3.63, 3.8) is 0 Å². The van der Waals surface area contributed by atoms with Crippen molar-refractivity contribution >= 4 is 17.5 Å². The number of para-hydroxylation sites is 1. The molecule has 1 amide bonds. The maximum absolute atomic E-state index is 12.1. The van der Waals surface area contributed by atoms with E-state index in [9.17, 15) is 9.59 Å². The van der Waals surface area contributed by atoms with Crippen LogP contribution in [0.1, 0.15) is 31.4 Å². The molecule has 0 bridgehead atoms. The first-order valence-corrected chi connectivity index (χ1v) is 8.67. The van der Waals surface area contributed by atoms with Gasteiger partial charge < -0.3 is 10.1 Å². The van der Waals surface area contributed by atoms with Gasteiger partial charge in [0.15, 0.2) is 6.10 Å². The van der Waals surface area contributed by atoms with Gasteiger partial charge in [-0.2, -0.15) is 0 Å². The highest BCUT2D eigenvalue weighted by atomic mass is 35.5. The fraction of sp³-hybridized carbons (Fsp3) is 0.389. The molecule has 0 saturated heterocycles. The van der Waals surface area contributed by atoms with E-state index >= 15 is 0 Å². The Hall–Kier alpha value is -2.34. The number of halogens is 1. The molecule has 1 heterocycles. The quantitative estimate of drug-likeness (QED) is 0.821. The summed E-state index contributed by atoms with van der Waals surface area (Å²) in [5.74, 6) is 0.642. The molecular weight excluding hydrogens is 342 g/mol. The molecule has 1 N–H and O–H groups in total. The summed E-state index contributed by atoms with van der Waals surface area (Å²) >= 11 is 6.01. The molecule has 1 atom stereocenters. The largest absolute Gasteiger partial charge is 0.479 e. The van der Waals surface area contributed by atoms with Crippen LogP contribution >= 0.6 is 11.6 Å². The monoisotopic (exact) mass is 361 g/mol. The van der Waals surface area contributed by atoms with Crippen molar-refractivity contribution in [2.75, 3.05) is 6.54 Å². The third-order valence-electron chi connectivity index (χ3n) is 4.06. The zero-order valence-corrected chi connectivity index (χ0v) is 14.7. The second kappa shape index (κ2) is 7.70. The fourth-order valence-electron chi connectivity index (χ4n) is 2.44. The Balaban J connectivity index is 1.49. The van der Waals surface area contributed by atoms with E-state index in [1.807, 2.05) is 0 Å². The summed E-state index contributed by atoms with van der Waals surface area (Å²) < 4.78 is 7.05. The van der Waals surface area contributed by atoms with E-state index in [-0.39, 0.29) is 11.5 Å². The predicted molar refractivity (Wildman–Crippen MR) is 95.0 cm³/mol. The number of benzene rings is 1. The number of hydrogen-bond acceptors (Lipinski definition) is 4. The Morgan fingerprint density at radius 1 is 1.44 bits per heavy atom. The lowest BCUT2D eigenvalue weighted by Gasteiger charge is -2.15. The van der Waals surface area contributed by atoms with Gasteiger partial charge in [0.25, 0.3) is 11.5 Å². The molecule has 1 aromatic heterocycles. The molecule has 1 aliphatic carbocycles. The van der Waals surface area contributed by atoms with Crippen LogP contribution < -0.4 is 15.6 Å². The standard InChI is InChI=1S/C18H20ClN3O3/c1-12(25-16-5-3-2-4-14(16)19)18(24)20-8-9-22-11-21-15(10-17(22)23)13-6-7-13/h2-5,10-13H,6-9H2,1H3,(H,20,24). The minimum atomic E-state index is -0.688. The number of nitrogens with one attached hydrogen (secondary N) is 1. The van der Waals surface area contributed by atoms with Crippen molar-refractivity contribution in [3.05, 3.63) is 57.7 Å². The average molecular weight is 362 g/mol. The summed E-state index contributed by atoms with van der Waals surface area (Å²) in [5, 5.41) is 3.21. The first-order chi connectivity index (χ1) is 12.0. The minimum Gasteiger partial charge on any atom is -0.479 e. The first-order valence-electron chi connectivity index (χ1n) is 8.30. The van der Waals surface area contributed by atoms with Gasteiger partial charge in [0.05, 0.1) is 17.0 Å². The Morgan fingerprint density at radius 2 is 2.20 bits per heavy atom. The molecule has 0 aliphatic heterocycles. The summed E-state index contributed by atoms with van der Waals surface area (Å²) in [6.45, 7) is 2.33. The van der Waals surface area contributed by atoms with Crippen LogP contribution in [0.3, 0.4) is 0 Å². The Kier molecular flexibility index (Phi) is 5.38. The van der Waals surface area contributed by atoms with E-state index in [0.29, 0.717) is 29.8 Å². The average Bonchev–Trinajstić information content (AvgIpc) is 3.43. The zero-order chi connectivity index (χ0) is 17.8. The molecule has 2 aromatic rings. The molecule has 1 aliphatic rings. The number of ether oxygens (including phenoxy) is 1. The normalized spacial score (nSPS) is 14.8. The van der Waals surface area contributed by atoms with E-state index in [1.54, 1.807) is 43.6 Å². The van der Waals surface area contributed by atoms with Crippen LogP contribution in [0, 0.1) is 0 Å². The van der Waals surface area contributed by atoms with E-state index < -0.39 is 6.10 Å². The Bertz CT molecular complexity index is 817. The van der Waals surface area contributed by atoms with Gasteiger partial charge in [0, 0.05) is 25.1 Å². The summed E-state index contributed by atoms with van der Waals surface area (Å²) in [7, 11) is 0. The topological polar surface area (TPSA) is 73.2 Å². The highest BCUT2D eigenvalue weighted by molar-refractivity contribution is 6.32. The minimum absolute atomic E-state index is 0.0912. The van der Waals surface area contributed by atoms with Crippen LogP contribution in [0.2, 0.25) is 5.02 Å². The van der Waals surface area contributed by atoms with Gasteiger partial charge >= 0.3 is 0 Å². The highest BCUT2D eigenvalue weighted by Crippen LogP contribution is 2.38. The van der Waals surface area contributed by atoms with Gasteiger partial charge in [-0.15, -0.1) is 0 Å². The number of amides is 1. The number of hydrogen-bond donors (Lipinski definition) is 1. The van der Waals surface area contributed by atoms with E-state index in [2.05, 4.69) is 10.3 Å². The fourth-order valence-corrected chi connectivity index (χ4v) is 2.62. The summed E-state index contributed by atoms with van der Waals surface area (Å²) in [5.41, 5.74) is 0.776. The third-order valence-corrected chi connectivity index (χ3v) is 4.37. The highest BCUT2D eigenvalue weighted by Gasteiger charge is 2.25. The van der Waals surface area contributed by atoms with Crippen LogP contribution in [0.15, 0.2) is 41.5 Å². The molecule has 1 fully saturated rings. The van der Waals surface area contributed by atoms with E-state index in [1.165, 1.54) is 4.57 Å². The second-order valence-electron chi connectivity index (χ2n) is 6.10. The van der Waals surface area contributed by atoms with Crippen LogP contribution in [-0.2, 0) is 11.3 Å². The third kappa shape index (κ3) is 4.60. The molecule has 0 radical (unpaired) electrons. The van der Waals surface area contributed by atoms with Crippen LogP contribution in [0.5, 0.6) is 5.75 Å². The molecule has 1 unspecified atom stereocenters. The molecule has 1 aromatic carbocycles. The Morgan fingerprint density at radius 3 is 2.88 bits per heavy atom. The van der Waals surface area contributed by atoms with Crippen LogP contribution in [0.4, 0.5) is 0 Å². The maximum Gasteiger partial charge on any atom is 0.260 e. The van der Waals surface area contributed by atoms with Crippen molar-refractivity contribution in [1.29, 1.82) is 0 Å². The smallest absolute Gasteiger partial charge is 0.260 e. The number of nitrogens with zero attached hydrogens (tertiary/aromatic N) is 2. The van der Waals surface area contributed by atoms with Gasteiger partial charge in [-0.3, -0.25) is 14.2 Å². The van der Waals surface area contributed by atoms with Gasteiger partial charge in [0.2, 0.25) is 0 Å². The summed E-state index contributed by atoms with van der Waals surface area (Å²) in [6.07, 6.45) is 3.07. The molecule has 6 nitrogen and oxygen atoms in total. The van der Waals surface area contributed by atoms with Gasteiger partial charge in [-0.05, 0) is 31.9 Å². The maximum atomic E-state index is 12.1. The van der Waals surface area contributed by atoms with Crippen molar-refractivity contribution in [1.82, 2.24) is 14.9 Å². The van der Waals surface area contributed by atoms with Crippen molar-refractivity contribution in [3.8, 4) is 5.75 Å². The molecule has 0 spiro atoms. The molecule has 25 heavy (non-hydrogen) atoms. The van der Waals surface area contributed by atoms with E-state index in [0.717, 1.165) is 18.5 Å². The lowest BCUT2D eigenvalue weighted by Crippen LogP contribution is -2.39. The van der Waals surface area contributed by atoms with E-state index in [4.69, 9.17) is 16.3 Å². The zero-order valence-electron chi connectivity index (χ0n) is 13.9. The summed E-state index contributed by atoms with van der Waals surface area (Å²) in [4.78, 5) is 28.4. The molecule has 1 saturated carbocycles. The first kappa shape index (κ1) is 17.5. The molecular formula is C18H20ClN3O3. The number of carbonyl (C=O) groups excluding carboxylic acids is 1. The lowest BCUT2D eigenvalue weighted by molar-refractivity contribution is -0.127. The second-order valence-corrected chi connectivity index (χ2v) is 6.51. The van der Waals surface area contributed by atoms with Gasteiger partial charge in [-0.1, -0.05) is 23.7 Å². The van der Waals surface area contributed by atoms with Crippen LogP contribution in [0.25, 0.3) is 0 Å². The molecule has 7 heteroatoms. The van der Waals surface area contributed by atoms with Crippen molar-refractivity contribution in [2.24, 2.45) is 0 Å². The SMILES string of the molecule is CC(Oc1ccccc1Cl)C(=O)NCCn1cnc(C2CC2)cc1=O. The van der Waals surface area contributed by atoms with Gasteiger partial charge in [0.1, 0.15) is 5.75 Å². The predicted octanol–water partition coefficient (Wildman–Crippen LogP) is 2.36. The van der Waals surface area contributed by atoms with Crippen LogP contribution in [-0.4, -0.2) is 28.1 Å². The summed E-state index contributed by atoms with van der Waals surface area (Å²) in [6, 6.07) is 8.57. The number of carbonyl (C=O) groups is 1. The molecule has 132 valence electrons. The Labute approximate surface area is 150 Å². The van der Waals surface area contributed by atoms with Crippen molar-refractivity contribution < 1.29 is 9.53 Å². The van der Waals surface area contributed by atoms with Gasteiger partial charge in [-0.25, -0.2) is 4.98 Å². The lowest BCUT2D eigenvalue weighted by atomic mass is 10.3. The number of aromatic nitrogens is 2.